The lowest BCUT2D eigenvalue weighted by molar-refractivity contribution is -0.123. The monoisotopic (exact) mass is 392 g/mol. The number of aromatic nitrogens is 2. The molecule has 1 aliphatic heterocycles. The van der Waals surface area contributed by atoms with Gasteiger partial charge in [-0.15, -0.1) is 11.8 Å². The van der Waals surface area contributed by atoms with Crippen LogP contribution in [-0.2, 0) is 22.7 Å². The summed E-state index contributed by atoms with van der Waals surface area (Å²) in [6.07, 6.45) is 3.66. The van der Waals surface area contributed by atoms with Crippen molar-refractivity contribution < 1.29 is 9.59 Å². The number of hydrogen-bond donors (Lipinski definition) is 1. The van der Waals surface area contributed by atoms with E-state index in [1.54, 1.807) is 11.1 Å². The Morgan fingerprint density at radius 2 is 1.86 bits per heavy atom. The van der Waals surface area contributed by atoms with Crippen LogP contribution in [0.5, 0.6) is 0 Å². The van der Waals surface area contributed by atoms with Crippen LogP contribution >= 0.6 is 11.8 Å². The molecule has 28 heavy (non-hydrogen) atoms. The molecule has 0 spiro atoms. The van der Waals surface area contributed by atoms with E-state index >= 15 is 0 Å². The van der Waals surface area contributed by atoms with Crippen molar-refractivity contribution in [2.24, 2.45) is 0 Å². The minimum Gasteiger partial charge on any atom is -0.350 e. The highest BCUT2D eigenvalue weighted by molar-refractivity contribution is 8.00. The molecule has 1 aromatic heterocycles. The molecule has 0 unspecified atom stereocenters. The largest absolute Gasteiger partial charge is 0.350 e. The molecule has 2 aromatic carbocycles. The van der Waals surface area contributed by atoms with E-state index in [0.717, 1.165) is 21.7 Å². The Labute approximate surface area is 167 Å². The van der Waals surface area contributed by atoms with Gasteiger partial charge in [0.25, 0.3) is 0 Å². The molecule has 142 valence electrons. The van der Waals surface area contributed by atoms with Gasteiger partial charge in [-0.1, -0.05) is 36.4 Å². The predicted molar refractivity (Wildman–Crippen MR) is 109 cm³/mol. The molecule has 7 heteroatoms. The van der Waals surface area contributed by atoms with Gasteiger partial charge < -0.3 is 10.2 Å². The van der Waals surface area contributed by atoms with Crippen LogP contribution in [-0.4, -0.2) is 33.9 Å². The highest BCUT2D eigenvalue weighted by Gasteiger charge is 2.26. The normalized spacial score (nSPS) is 13.3. The molecule has 0 saturated carbocycles. The Morgan fingerprint density at radius 3 is 2.68 bits per heavy atom. The Morgan fingerprint density at radius 1 is 1.07 bits per heavy atom. The Balaban J connectivity index is 1.41. The van der Waals surface area contributed by atoms with Crippen molar-refractivity contribution >= 4 is 29.3 Å². The topological polar surface area (TPSA) is 67.2 Å². The molecule has 0 atom stereocenters. The van der Waals surface area contributed by atoms with Gasteiger partial charge in [0.2, 0.25) is 11.8 Å². The second-order valence-corrected chi connectivity index (χ2v) is 7.50. The van der Waals surface area contributed by atoms with Crippen LogP contribution in [0.15, 0.2) is 71.9 Å². The number of hydrogen-bond acceptors (Lipinski definition) is 4. The first kappa shape index (κ1) is 18.3. The first-order valence-corrected chi connectivity index (χ1v) is 10.0. The van der Waals surface area contributed by atoms with Gasteiger partial charge in [-0.2, -0.15) is 5.10 Å². The van der Waals surface area contributed by atoms with Gasteiger partial charge >= 0.3 is 0 Å². The summed E-state index contributed by atoms with van der Waals surface area (Å²) in [6.45, 7) is 1.08. The maximum atomic E-state index is 12.5. The lowest BCUT2D eigenvalue weighted by atomic mass is 10.1. The number of amides is 2. The predicted octanol–water partition coefficient (Wildman–Crippen LogP) is 2.69. The van der Waals surface area contributed by atoms with E-state index in [0.29, 0.717) is 18.8 Å². The van der Waals surface area contributed by atoms with Gasteiger partial charge in [-0.3, -0.25) is 14.3 Å². The summed E-state index contributed by atoms with van der Waals surface area (Å²) in [5, 5.41) is 7.19. The number of thioether (sulfide) groups is 1. The maximum Gasteiger partial charge on any atom is 0.240 e. The molecule has 2 amide bonds. The number of fused-ring (bicyclic) bond motifs is 1. The van der Waals surface area contributed by atoms with Crippen molar-refractivity contribution in [3.63, 3.8) is 0 Å². The quantitative estimate of drug-likeness (QED) is 0.700. The fourth-order valence-electron chi connectivity index (χ4n) is 3.17. The van der Waals surface area contributed by atoms with Crippen LogP contribution in [0.3, 0.4) is 0 Å². The number of para-hydroxylation sites is 1. The minimum atomic E-state index is -0.177. The van der Waals surface area contributed by atoms with Crippen LogP contribution in [0, 0.1) is 0 Å². The summed E-state index contributed by atoms with van der Waals surface area (Å²) >= 11 is 1.51. The minimum absolute atomic E-state index is 0.0255. The molecule has 0 aliphatic carbocycles. The van der Waals surface area contributed by atoms with E-state index in [2.05, 4.69) is 10.4 Å². The summed E-state index contributed by atoms with van der Waals surface area (Å²) in [4.78, 5) is 27.4. The second-order valence-electron chi connectivity index (χ2n) is 6.49. The Kier molecular flexibility index (Phi) is 5.43. The molecule has 6 nitrogen and oxygen atoms in total. The number of rotatable bonds is 6. The summed E-state index contributed by atoms with van der Waals surface area (Å²) in [6, 6.07) is 17.5. The van der Waals surface area contributed by atoms with E-state index in [4.69, 9.17) is 0 Å². The number of nitrogens with zero attached hydrogens (tertiary/aromatic N) is 3. The van der Waals surface area contributed by atoms with Crippen LogP contribution in [0.2, 0.25) is 0 Å². The second kappa shape index (κ2) is 8.31. The van der Waals surface area contributed by atoms with Crippen molar-refractivity contribution in [2.75, 3.05) is 17.2 Å². The third-order valence-corrected chi connectivity index (χ3v) is 5.64. The molecular weight excluding hydrogens is 372 g/mol. The molecule has 0 radical (unpaired) electrons. The molecule has 4 rings (SSSR count). The first-order chi connectivity index (χ1) is 13.7. The van der Waals surface area contributed by atoms with Gasteiger partial charge in [-0.25, -0.2) is 0 Å². The van der Waals surface area contributed by atoms with E-state index in [1.165, 1.54) is 11.8 Å². The smallest absolute Gasteiger partial charge is 0.240 e. The first-order valence-electron chi connectivity index (χ1n) is 9.04. The lowest BCUT2D eigenvalue weighted by Gasteiger charge is -2.28. The van der Waals surface area contributed by atoms with E-state index in [-0.39, 0.29) is 18.4 Å². The number of benzene rings is 2. The molecule has 0 saturated heterocycles. The Bertz CT molecular complexity index is 988. The summed E-state index contributed by atoms with van der Waals surface area (Å²) in [5.74, 6) is 0.138. The number of anilines is 1. The fourth-order valence-corrected chi connectivity index (χ4v) is 4.11. The molecule has 2 heterocycles. The van der Waals surface area contributed by atoms with Crippen LogP contribution in [0.25, 0.3) is 0 Å². The molecule has 0 fully saturated rings. The van der Waals surface area contributed by atoms with Crippen LogP contribution in [0.1, 0.15) is 11.1 Å². The number of nitrogens with one attached hydrogen (secondary N) is 1. The van der Waals surface area contributed by atoms with Gasteiger partial charge in [0.05, 0.1) is 18.0 Å². The van der Waals surface area contributed by atoms with Gasteiger partial charge in [0, 0.05) is 23.8 Å². The van der Waals surface area contributed by atoms with Crippen molar-refractivity contribution in [1.29, 1.82) is 0 Å². The average Bonchev–Trinajstić information content (AvgIpc) is 3.23. The summed E-state index contributed by atoms with van der Waals surface area (Å²) in [7, 11) is 0. The Hall–Kier alpha value is -3.06. The summed E-state index contributed by atoms with van der Waals surface area (Å²) < 4.78 is 1.85. The third kappa shape index (κ3) is 4.09. The number of carbonyl (C=O) groups is 2. The van der Waals surface area contributed by atoms with E-state index in [1.807, 2.05) is 65.5 Å². The molecule has 1 aliphatic rings. The zero-order valence-corrected chi connectivity index (χ0v) is 16.1. The van der Waals surface area contributed by atoms with E-state index in [9.17, 15) is 9.59 Å². The van der Waals surface area contributed by atoms with Crippen molar-refractivity contribution in [1.82, 2.24) is 15.1 Å². The standard InChI is InChI=1S/C21H20N4O2S/c26-20(14-25-18-8-3-4-9-19(18)28-15-21(25)27)22-12-16-6-1-2-7-17(16)13-24-11-5-10-23-24/h1-11H,12-15H2,(H,22,26). The molecule has 0 bridgehead atoms. The SMILES string of the molecule is O=C(CN1C(=O)CSc2ccccc21)NCc1ccccc1Cn1cccn1. The van der Waals surface area contributed by atoms with Crippen molar-refractivity contribution in [2.45, 2.75) is 18.0 Å². The highest BCUT2D eigenvalue weighted by atomic mass is 32.2. The number of carbonyl (C=O) groups excluding carboxylic acids is 2. The van der Waals surface area contributed by atoms with Crippen LogP contribution < -0.4 is 10.2 Å². The zero-order valence-electron chi connectivity index (χ0n) is 15.2. The summed E-state index contributed by atoms with van der Waals surface area (Å²) in [5.41, 5.74) is 2.94. The van der Waals surface area contributed by atoms with E-state index < -0.39 is 0 Å². The molecule has 1 N–H and O–H groups in total. The fraction of sp³-hybridized carbons (Fsp3) is 0.190. The van der Waals surface area contributed by atoms with Gasteiger partial charge in [0.1, 0.15) is 6.54 Å². The van der Waals surface area contributed by atoms with Gasteiger partial charge in [-0.05, 0) is 29.3 Å². The maximum absolute atomic E-state index is 12.5. The molecular formula is C21H20N4O2S. The molecule has 3 aromatic rings. The zero-order chi connectivity index (χ0) is 19.3. The van der Waals surface area contributed by atoms with Crippen molar-refractivity contribution in [3.8, 4) is 0 Å². The van der Waals surface area contributed by atoms with Gasteiger partial charge in [0.15, 0.2) is 0 Å². The highest BCUT2D eigenvalue weighted by Crippen LogP contribution is 2.34. The average molecular weight is 392 g/mol. The van der Waals surface area contributed by atoms with Crippen molar-refractivity contribution in [3.05, 3.63) is 78.1 Å². The lowest BCUT2D eigenvalue weighted by Crippen LogP contribution is -2.43. The third-order valence-electron chi connectivity index (χ3n) is 4.60. The van der Waals surface area contributed by atoms with Crippen LogP contribution in [0.4, 0.5) is 5.69 Å².